The molecule has 0 bridgehead atoms. The summed E-state index contributed by atoms with van der Waals surface area (Å²) in [6.45, 7) is 13.3. The lowest BCUT2D eigenvalue weighted by Gasteiger charge is -2.22. The molecule has 0 spiro atoms. The Morgan fingerprint density at radius 2 is 0.842 bits per heavy atom. The van der Waals surface area contributed by atoms with Gasteiger partial charge in [0.2, 0.25) is 0 Å². The lowest BCUT2D eigenvalue weighted by molar-refractivity contribution is 0.103. The third kappa shape index (κ3) is 7.29. The Morgan fingerprint density at radius 1 is 0.461 bits per heavy atom. The molecule has 0 aliphatic heterocycles. The van der Waals surface area contributed by atoms with Gasteiger partial charge in [0.05, 0.1) is 9.40 Å². The quantitative estimate of drug-likeness (QED) is 0.125. The fourth-order valence-electron chi connectivity index (χ4n) is 11.4. The first-order valence-electron chi connectivity index (χ1n) is 24.3. The first-order valence-corrected chi connectivity index (χ1v) is 29.4. The molecule has 6 heterocycles. The van der Waals surface area contributed by atoms with Crippen molar-refractivity contribution in [3.05, 3.63) is 199 Å². The molecular formula is C64H40N4O2S6. The van der Waals surface area contributed by atoms with E-state index in [9.17, 15) is 9.59 Å². The number of rotatable bonds is 2. The zero-order valence-corrected chi connectivity index (χ0v) is 46.7. The van der Waals surface area contributed by atoms with Crippen LogP contribution in [0.25, 0.3) is 81.1 Å². The number of thiophene rings is 6. The summed E-state index contributed by atoms with van der Waals surface area (Å²) in [7, 11) is 0. The highest BCUT2D eigenvalue weighted by atomic mass is 32.1. The van der Waals surface area contributed by atoms with Crippen molar-refractivity contribution in [2.75, 3.05) is 0 Å². The van der Waals surface area contributed by atoms with Gasteiger partial charge in [0.1, 0.15) is 35.4 Å². The molecule has 0 saturated heterocycles. The van der Waals surface area contributed by atoms with Crippen molar-refractivity contribution >= 4 is 120 Å². The number of nitrogens with zero attached hydrogens (tertiary/aromatic N) is 4. The van der Waals surface area contributed by atoms with Crippen LogP contribution in [0, 0.1) is 45.3 Å². The number of ketones is 2. The second-order valence-corrected chi connectivity index (χ2v) is 25.8. The maximum absolute atomic E-state index is 12.1. The molecule has 6 nitrogen and oxygen atoms in total. The van der Waals surface area contributed by atoms with E-state index < -0.39 is 0 Å². The first kappa shape index (κ1) is 49.0. The van der Waals surface area contributed by atoms with Crippen LogP contribution >= 0.6 is 68.0 Å². The van der Waals surface area contributed by atoms with Crippen molar-refractivity contribution in [3.8, 4) is 64.7 Å². The molecule has 0 saturated carbocycles. The van der Waals surface area contributed by atoms with Crippen LogP contribution < -0.4 is 0 Å². The molecule has 4 aliphatic carbocycles. The largest absolute Gasteiger partial charge is 0.289 e. The summed E-state index contributed by atoms with van der Waals surface area (Å²) in [5, 5.41) is 42.9. The molecule has 6 aromatic heterocycles. The van der Waals surface area contributed by atoms with E-state index in [1.807, 2.05) is 69.6 Å². The van der Waals surface area contributed by atoms with Crippen LogP contribution in [0.3, 0.4) is 0 Å². The van der Waals surface area contributed by atoms with Gasteiger partial charge in [-0.25, -0.2) is 0 Å². The van der Waals surface area contributed by atoms with Gasteiger partial charge >= 0.3 is 0 Å². The summed E-state index contributed by atoms with van der Waals surface area (Å²) in [4.78, 5) is 32.6. The second-order valence-electron chi connectivity index (χ2n) is 19.7. The van der Waals surface area contributed by atoms with Crippen molar-refractivity contribution in [1.29, 1.82) is 21.0 Å². The summed E-state index contributed by atoms with van der Waals surface area (Å²) in [6.07, 6.45) is 3.29. The van der Waals surface area contributed by atoms with Gasteiger partial charge in [0, 0.05) is 82.9 Å². The minimum Gasteiger partial charge on any atom is -0.289 e. The van der Waals surface area contributed by atoms with E-state index in [1.54, 1.807) is 85.7 Å². The Hall–Kier alpha value is -7.88. The Morgan fingerprint density at radius 3 is 1.18 bits per heavy atom. The molecule has 0 atom stereocenters. The van der Waals surface area contributed by atoms with Crippen molar-refractivity contribution in [2.24, 2.45) is 0 Å². The molecule has 76 heavy (non-hydrogen) atoms. The molecule has 0 N–H and O–H groups in total. The number of carbonyl (C=O) groups excluding carboxylic acids is 2. The highest BCUT2D eigenvalue weighted by Gasteiger charge is 2.45. The highest BCUT2D eigenvalue weighted by Crippen LogP contribution is 2.64. The Kier molecular flexibility index (Phi) is 11.9. The molecule has 0 radical (unpaired) electrons. The Bertz CT molecular complexity index is 4190. The molecule has 364 valence electrons. The summed E-state index contributed by atoms with van der Waals surface area (Å²) in [5.74, 6) is -0.248. The predicted molar refractivity (Wildman–Crippen MR) is 318 cm³/mol. The third-order valence-electron chi connectivity index (χ3n) is 14.9. The van der Waals surface area contributed by atoms with Gasteiger partial charge in [-0.2, -0.15) is 21.0 Å². The number of carbonyl (C=O) groups is 2. The Balaban J connectivity index is 0.000000141. The molecule has 0 amide bonds. The molecule has 4 aromatic carbocycles. The van der Waals surface area contributed by atoms with E-state index in [2.05, 4.69) is 122 Å². The van der Waals surface area contributed by atoms with Crippen molar-refractivity contribution in [3.63, 3.8) is 0 Å². The molecule has 0 unspecified atom stereocenters. The van der Waals surface area contributed by atoms with E-state index >= 15 is 0 Å². The lowest BCUT2D eigenvalue weighted by Crippen LogP contribution is -2.15. The van der Waals surface area contributed by atoms with Gasteiger partial charge in [-0.15, -0.1) is 68.0 Å². The van der Waals surface area contributed by atoms with Crippen molar-refractivity contribution < 1.29 is 9.59 Å². The van der Waals surface area contributed by atoms with Gasteiger partial charge in [-0.3, -0.25) is 9.59 Å². The monoisotopic (exact) mass is 1090 g/mol. The van der Waals surface area contributed by atoms with Crippen LogP contribution in [0.2, 0.25) is 0 Å². The number of hydrogen-bond acceptors (Lipinski definition) is 12. The van der Waals surface area contributed by atoms with E-state index in [4.69, 9.17) is 21.0 Å². The molecule has 10 aromatic rings. The Labute approximate surface area is 463 Å². The van der Waals surface area contributed by atoms with E-state index in [0.717, 1.165) is 0 Å². The minimum absolute atomic E-state index is 0.0112. The molecule has 14 rings (SSSR count). The van der Waals surface area contributed by atoms with Crippen molar-refractivity contribution in [1.82, 2.24) is 0 Å². The number of benzene rings is 4. The second kappa shape index (κ2) is 18.4. The first-order chi connectivity index (χ1) is 36.8. The zero-order chi connectivity index (χ0) is 52.9. The van der Waals surface area contributed by atoms with Crippen LogP contribution in [0.4, 0.5) is 0 Å². The van der Waals surface area contributed by atoms with Crippen LogP contribution in [0.15, 0.2) is 154 Å². The summed E-state index contributed by atoms with van der Waals surface area (Å²) in [6, 6.07) is 45.0. The van der Waals surface area contributed by atoms with Crippen LogP contribution in [-0.4, -0.2) is 11.6 Å². The van der Waals surface area contributed by atoms with Gasteiger partial charge in [0.25, 0.3) is 0 Å². The van der Waals surface area contributed by atoms with Crippen LogP contribution in [-0.2, 0) is 10.8 Å². The van der Waals surface area contributed by atoms with Gasteiger partial charge < -0.3 is 0 Å². The van der Waals surface area contributed by atoms with Crippen LogP contribution in [0.5, 0.6) is 0 Å². The van der Waals surface area contributed by atoms with E-state index in [0.29, 0.717) is 44.5 Å². The molecular weight excluding hydrogens is 1050 g/mol. The van der Waals surface area contributed by atoms with Gasteiger partial charge in [0.15, 0.2) is 11.6 Å². The summed E-state index contributed by atoms with van der Waals surface area (Å²) >= 11 is 11.7. The standard InChI is InChI=1S/C36H24S6.2C14H8N2O/c1-35(2)21-15-25-17(13-27(39-25)23-7-5-9-37-23)11-19(21)31-29(35)33-34(41-31)30-32(42-33)20-12-18-14-28(24-8-6-10-38-24)40-26(18)16-22(20)36(30,3)4;2*1-2-10-13(9(7-15)8-16)11-5-3-4-6-12(11)14(10)17/h5-16H,1-4H3;2*2-6H,1H3/b;2*10-2-. The zero-order valence-electron chi connectivity index (χ0n) is 41.8. The summed E-state index contributed by atoms with van der Waals surface area (Å²) in [5.41, 5.74) is 13.2. The predicted octanol–water partition coefficient (Wildman–Crippen LogP) is 18.7. The normalized spacial score (nSPS) is 15.7. The number of allylic oxidation sites excluding steroid dienone is 8. The van der Waals surface area contributed by atoms with Gasteiger partial charge in [-0.05, 0) is 128 Å². The van der Waals surface area contributed by atoms with Crippen LogP contribution in [0.1, 0.15) is 95.6 Å². The number of hydrogen-bond donors (Lipinski definition) is 0. The lowest BCUT2D eigenvalue weighted by atomic mass is 9.81. The smallest absolute Gasteiger partial charge is 0.194 e. The number of fused-ring (bicyclic) bond motifs is 13. The summed E-state index contributed by atoms with van der Waals surface area (Å²) < 4.78 is 5.85. The number of nitriles is 4. The van der Waals surface area contributed by atoms with E-state index in [1.165, 1.54) is 81.1 Å². The highest BCUT2D eigenvalue weighted by molar-refractivity contribution is 7.32. The minimum atomic E-state index is -0.124. The number of Topliss-reactive ketones (excluding diaryl/α,β-unsaturated/α-hetero) is 2. The molecule has 12 heteroatoms. The molecule has 0 fully saturated rings. The fraction of sp³-hybridized carbons (Fsp3) is 0.125. The average Bonchev–Trinajstić information content (AvgIpc) is 4.32. The van der Waals surface area contributed by atoms with Gasteiger partial charge in [-0.1, -0.05) is 101 Å². The maximum Gasteiger partial charge on any atom is 0.194 e. The van der Waals surface area contributed by atoms with Crippen molar-refractivity contribution in [2.45, 2.75) is 52.4 Å². The maximum atomic E-state index is 12.1. The SMILES string of the molecule is C/C=C1\C(=O)c2ccccc2C1=C(C#N)C#N.C/C=C1\C(=O)c2ccccc2C1=C(C#N)C#N.CC1(C)c2cc3sc(-c4cccs4)cc3cc2-c2sc3c4c(sc3c21)-c1cc2cc(-c3cccs3)sc2cc1C4(C)C. The fourth-order valence-corrected chi connectivity index (χ4v) is 18.7. The third-order valence-corrected chi connectivity index (χ3v) is 21.8. The molecule has 4 aliphatic rings. The van der Waals surface area contributed by atoms with E-state index in [-0.39, 0.29) is 33.5 Å². The topological polar surface area (TPSA) is 129 Å². The average molecular weight is 1090 g/mol.